The number of piperidine rings is 1. The highest BCUT2D eigenvalue weighted by molar-refractivity contribution is 9.11. The topological polar surface area (TPSA) is 49.4 Å². The van der Waals surface area contributed by atoms with Crippen molar-refractivity contribution < 1.29 is 8.42 Å². The molecule has 0 aliphatic carbocycles. The van der Waals surface area contributed by atoms with Gasteiger partial charge in [0.2, 0.25) is 0 Å². The van der Waals surface area contributed by atoms with Crippen molar-refractivity contribution in [3.63, 3.8) is 0 Å². The molecule has 1 aliphatic rings. The maximum atomic E-state index is 12.0. The molecule has 1 aliphatic heterocycles. The van der Waals surface area contributed by atoms with Crippen molar-refractivity contribution in [2.45, 2.75) is 23.5 Å². The number of halogens is 1. The first-order valence-corrected chi connectivity index (χ1v) is 8.20. The summed E-state index contributed by atoms with van der Waals surface area (Å²) >= 11 is 4.49. The van der Waals surface area contributed by atoms with Crippen LogP contribution in [0.25, 0.3) is 0 Å². The lowest BCUT2D eigenvalue weighted by molar-refractivity contribution is 0.200. The van der Waals surface area contributed by atoms with Crippen LogP contribution in [0, 0.1) is 0 Å². The van der Waals surface area contributed by atoms with Gasteiger partial charge in [-0.2, -0.15) is 0 Å². The normalized spacial score (nSPS) is 18.8. The lowest BCUT2D eigenvalue weighted by Crippen LogP contribution is -2.44. The Kier molecular flexibility index (Phi) is 4.01. The van der Waals surface area contributed by atoms with Crippen molar-refractivity contribution in [1.29, 1.82) is 0 Å². The fraction of sp³-hybridized carbons (Fsp3) is 0.556. The summed E-state index contributed by atoms with van der Waals surface area (Å²) in [6, 6.07) is 3.36. The minimum Gasteiger partial charge on any atom is -0.230 e. The molecule has 1 fully saturated rings. The van der Waals surface area contributed by atoms with Crippen molar-refractivity contribution >= 4 is 37.3 Å². The van der Waals surface area contributed by atoms with E-state index < -0.39 is 10.0 Å². The van der Waals surface area contributed by atoms with E-state index in [1.165, 1.54) is 17.8 Å². The SMILES string of the molecule is O=S(=O)(NN1CCCCC1)c1ccc(Br)s1. The standard InChI is InChI=1S/C9H13BrN2O2S2/c10-8-4-5-9(15-8)16(13,14)11-12-6-2-1-3-7-12/h4-5,11H,1-3,6-7H2. The fourth-order valence-corrected chi connectivity index (χ4v) is 4.76. The summed E-state index contributed by atoms with van der Waals surface area (Å²) in [6.45, 7) is 1.59. The van der Waals surface area contributed by atoms with Crippen molar-refractivity contribution in [1.82, 2.24) is 9.84 Å². The number of sulfonamides is 1. The Hall–Kier alpha value is 0.0500. The van der Waals surface area contributed by atoms with Gasteiger partial charge in [0.25, 0.3) is 10.0 Å². The molecule has 1 N–H and O–H groups in total. The maximum Gasteiger partial charge on any atom is 0.262 e. The van der Waals surface area contributed by atoms with Gasteiger partial charge in [-0.05, 0) is 40.9 Å². The molecule has 0 bridgehead atoms. The molecular weight excluding hydrogens is 312 g/mol. The first-order chi connectivity index (χ1) is 7.58. The molecule has 2 heterocycles. The summed E-state index contributed by atoms with van der Waals surface area (Å²) in [5.74, 6) is 0. The van der Waals surface area contributed by atoms with Gasteiger partial charge in [-0.1, -0.05) is 6.42 Å². The highest BCUT2D eigenvalue weighted by Gasteiger charge is 2.21. The number of hydrogen-bond acceptors (Lipinski definition) is 4. The van der Waals surface area contributed by atoms with Crippen LogP contribution < -0.4 is 4.83 Å². The first kappa shape index (κ1) is 12.5. The van der Waals surface area contributed by atoms with E-state index in [9.17, 15) is 8.42 Å². The Bertz CT molecular complexity index is 452. The van der Waals surface area contributed by atoms with Crippen LogP contribution >= 0.6 is 27.3 Å². The molecule has 0 aromatic carbocycles. The Morgan fingerprint density at radius 2 is 1.94 bits per heavy atom. The van der Waals surface area contributed by atoms with Gasteiger partial charge in [0.1, 0.15) is 4.21 Å². The second kappa shape index (κ2) is 5.14. The van der Waals surface area contributed by atoms with Crippen LogP contribution in [0.15, 0.2) is 20.1 Å². The molecule has 0 radical (unpaired) electrons. The van der Waals surface area contributed by atoms with Gasteiger partial charge >= 0.3 is 0 Å². The van der Waals surface area contributed by atoms with Gasteiger partial charge in [0, 0.05) is 13.1 Å². The third-order valence-electron chi connectivity index (χ3n) is 2.42. The van der Waals surface area contributed by atoms with Gasteiger partial charge in [-0.15, -0.1) is 16.2 Å². The molecule has 0 atom stereocenters. The third-order valence-corrected chi connectivity index (χ3v) is 5.91. The average molecular weight is 325 g/mol. The van der Waals surface area contributed by atoms with Crippen molar-refractivity contribution in [3.05, 3.63) is 15.9 Å². The smallest absolute Gasteiger partial charge is 0.230 e. The predicted molar refractivity (Wildman–Crippen MR) is 67.8 cm³/mol. The van der Waals surface area contributed by atoms with Crippen LogP contribution in [0.5, 0.6) is 0 Å². The van der Waals surface area contributed by atoms with Gasteiger partial charge < -0.3 is 0 Å². The molecule has 90 valence electrons. The summed E-state index contributed by atoms with van der Waals surface area (Å²) in [5, 5.41) is 1.78. The summed E-state index contributed by atoms with van der Waals surface area (Å²) in [7, 11) is -3.37. The summed E-state index contributed by atoms with van der Waals surface area (Å²) in [4.78, 5) is 2.62. The molecule has 1 aromatic heterocycles. The highest BCUT2D eigenvalue weighted by atomic mass is 79.9. The molecule has 0 unspecified atom stereocenters. The first-order valence-electron chi connectivity index (χ1n) is 5.11. The number of nitrogens with zero attached hydrogens (tertiary/aromatic N) is 1. The van der Waals surface area contributed by atoms with Gasteiger partial charge in [0.15, 0.2) is 0 Å². The number of hydrazine groups is 1. The van der Waals surface area contributed by atoms with Crippen molar-refractivity contribution in [2.24, 2.45) is 0 Å². The summed E-state index contributed by atoms with van der Waals surface area (Å²) in [5.41, 5.74) is 0. The number of thiophene rings is 1. The molecular formula is C9H13BrN2O2S2. The van der Waals surface area contributed by atoms with E-state index in [0.29, 0.717) is 4.21 Å². The summed E-state index contributed by atoms with van der Waals surface area (Å²) < 4.78 is 25.1. The number of hydrogen-bond donors (Lipinski definition) is 1. The highest BCUT2D eigenvalue weighted by Crippen LogP contribution is 2.26. The largest absolute Gasteiger partial charge is 0.262 e. The average Bonchev–Trinajstić information content (AvgIpc) is 2.66. The zero-order chi connectivity index (χ0) is 11.6. The van der Waals surface area contributed by atoms with E-state index in [1.54, 1.807) is 17.1 Å². The van der Waals surface area contributed by atoms with Gasteiger partial charge in [0.05, 0.1) is 3.79 Å². The number of rotatable bonds is 3. The Balaban J connectivity index is 2.07. The molecule has 1 saturated heterocycles. The van der Waals surface area contributed by atoms with E-state index in [4.69, 9.17) is 0 Å². The molecule has 2 rings (SSSR count). The zero-order valence-electron chi connectivity index (χ0n) is 8.65. The second-order valence-electron chi connectivity index (χ2n) is 3.70. The molecule has 4 nitrogen and oxygen atoms in total. The van der Waals surface area contributed by atoms with Crippen molar-refractivity contribution in [3.8, 4) is 0 Å². The lowest BCUT2D eigenvalue weighted by Gasteiger charge is -2.26. The van der Waals surface area contributed by atoms with Gasteiger partial charge in [-0.3, -0.25) is 0 Å². The van der Waals surface area contributed by atoms with Crippen LogP contribution in [-0.4, -0.2) is 26.5 Å². The Labute approximate surface area is 108 Å². The molecule has 0 amide bonds. The predicted octanol–water partition coefficient (Wildman–Crippen LogP) is 2.19. The molecule has 16 heavy (non-hydrogen) atoms. The second-order valence-corrected chi connectivity index (χ2v) is 8.05. The van der Waals surface area contributed by atoms with Crippen molar-refractivity contribution in [2.75, 3.05) is 13.1 Å². The van der Waals surface area contributed by atoms with E-state index >= 15 is 0 Å². The zero-order valence-corrected chi connectivity index (χ0v) is 11.9. The van der Waals surface area contributed by atoms with E-state index in [0.717, 1.165) is 29.7 Å². The molecule has 7 heteroatoms. The van der Waals surface area contributed by atoms with Crippen LogP contribution in [0.2, 0.25) is 0 Å². The quantitative estimate of drug-likeness (QED) is 0.927. The molecule has 1 aromatic rings. The van der Waals surface area contributed by atoms with Crippen LogP contribution in [0.1, 0.15) is 19.3 Å². The van der Waals surface area contributed by atoms with Crippen LogP contribution in [-0.2, 0) is 10.0 Å². The van der Waals surface area contributed by atoms with E-state index in [2.05, 4.69) is 20.8 Å². The van der Waals surface area contributed by atoms with Gasteiger partial charge in [-0.25, -0.2) is 13.4 Å². The fourth-order valence-electron chi connectivity index (χ4n) is 1.64. The Morgan fingerprint density at radius 1 is 1.25 bits per heavy atom. The minimum absolute atomic E-state index is 0.352. The Morgan fingerprint density at radius 3 is 2.50 bits per heavy atom. The molecule has 0 saturated carbocycles. The maximum absolute atomic E-state index is 12.0. The molecule has 0 spiro atoms. The van der Waals surface area contributed by atoms with E-state index in [-0.39, 0.29) is 0 Å². The third kappa shape index (κ3) is 3.04. The van der Waals surface area contributed by atoms with Crippen LogP contribution in [0.4, 0.5) is 0 Å². The lowest BCUT2D eigenvalue weighted by atomic mass is 10.2. The minimum atomic E-state index is -3.37. The summed E-state index contributed by atoms with van der Waals surface area (Å²) in [6.07, 6.45) is 3.29. The van der Waals surface area contributed by atoms with Crippen LogP contribution in [0.3, 0.4) is 0 Å². The monoisotopic (exact) mass is 324 g/mol. The van der Waals surface area contributed by atoms with E-state index in [1.807, 2.05) is 0 Å². The number of nitrogens with one attached hydrogen (secondary N) is 1.